The second-order valence-electron chi connectivity index (χ2n) is 5.21. The first-order valence-electron chi connectivity index (χ1n) is 7.06. The third kappa shape index (κ3) is 4.19. The third-order valence-electron chi connectivity index (χ3n) is 3.64. The predicted octanol–water partition coefficient (Wildman–Crippen LogP) is 2.77. The van der Waals surface area contributed by atoms with Crippen LogP contribution in [0.4, 0.5) is 0 Å². The Bertz CT molecular complexity index is 774. The van der Waals surface area contributed by atoms with Crippen LogP contribution in [0, 0.1) is 0 Å². The van der Waals surface area contributed by atoms with Crippen LogP contribution in [0.3, 0.4) is 0 Å². The normalized spacial score (nSPS) is 15.0. The van der Waals surface area contributed by atoms with E-state index in [9.17, 15) is 16.8 Å². The molecule has 0 aliphatic heterocycles. The molecule has 0 saturated carbocycles. The fourth-order valence-corrected chi connectivity index (χ4v) is 5.26. The molecule has 1 radical (unpaired) electrons. The van der Waals surface area contributed by atoms with Crippen LogP contribution in [0.1, 0.15) is 35.5 Å². The van der Waals surface area contributed by atoms with Crippen molar-refractivity contribution in [3.8, 4) is 0 Å². The molecule has 7 heteroatoms. The van der Waals surface area contributed by atoms with E-state index in [4.69, 9.17) is 0 Å². The molecule has 5 nitrogen and oxygen atoms in total. The number of hydrogen-bond donors (Lipinski definition) is 0. The monoisotopic (exact) mass is 352 g/mol. The predicted molar refractivity (Wildman–Crippen MR) is 89.7 cm³/mol. The molecule has 0 heterocycles. The average Bonchev–Trinajstić information content (AvgIpc) is 2.54. The van der Waals surface area contributed by atoms with Crippen LogP contribution in [-0.2, 0) is 20.0 Å². The molecule has 0 aromatic heterocycles. The van der Waals surface area contributed by atoms with E-state index in [0.717, 1.165) is 0 Å². The van der Waals surface area contributed by atoms with Crippen LogP contribution >= 0.6 is 0 Å². The van der Waals surface area contributed by atoms with Gasteiger partial charge in [0.1, 0.15) is 10.5 Å². The fourth-order valence-electron chi connectivity index (χ4n) is 2.07. The Morgan fingerprint density at radius 1 is 0.652 bits per heavy atom. The van der Waals surface area contributed by atoms with Crippen LogP contribution in [0.25, 0.3) is 0 Å². The quantitative estimate of drug-likeness (QED) is 0.800. The van der Waals surface area contributed by atoms with Gasteiger partial charge in [0.15, 0.2) is 0 Å². The summed E-state index contributed by atoms with van der Waals surface area (Å²) in [6, 6.07) is 16.8. The molecule has 123 valence electrons. The van der Waals surface area contributed by atoms with Gasteiger partial charge in [-0.05, 0) is 25.0 Å². The molecule has 2 unspecified atom stereocenters. The van der Waals surface area contributed by atoms with Crippen LogP contribution < -0.4 is 4.13 Å². The molecule has 2 aromatic carbocycles. The molecule has 2 aromatic rings. The van der Waals surface area contributed by atoms with Gasteiger partial charge in [-0.25, -0.2) is 16.8 Å². The summed E-state index contributed by atoms with van der Waals surface area (Å²) in [5, 5.41) is -2.05. The van der Waals surface area contributed by atoms with Gasteiger partial charge in [-0.3, -0.25) is 0 Å². The Hall–Kier alpha value is -1.70. The summed E-state index contributed by atoms with van der Waals surface area (Å²) in [4.78, 5) is 0. The minimum Gasteiger partial charge on any atom is -0.209 e. The summed E-state index contributed by atoms with van der Waals surface area (Å²) in [5.41, 5.74) is 0.998. The molecule has 0 amide bonds. The average molecular weight is 352 g/mol. The number of rotatable bonds is 6. The lowest BCUT2D eigenvalue weighted by Gasteiger charge is -2.16. The summed E-state index contributed by atoms with van der Waals surface area (Å²) in [6.07, 6.45) is 0. The highest BCUT2D eigenvalue weighted by molar-refractivity contribution is 8.04. The first-order valence-corrected chi connectivity index (χ1v) is 10.1. The summed E-state index contributed by atoms with van der Waals surface area (Å²) < 4.78 is 52.6. The highest BCUT2D eigenvalue weighted by atomic mass is 32.3. The lowest BCUT2D eigenvalue weighted by Crippen LogP contribution is -2.30. The smallest absolute Gasteiger partial charge is 0.209 e. The summed E-state index contributed by atoms with van der Waals surface area (Å²) in [6.45, 7) is 2.85. The van der Waals surface area contributed by atoms with Gasteiger partial charge in [-0.1, -0.05) is 60.7 Å². The molecule has 2 atom stereocenters. The lowest BCUT2D eigenvalue weighted by atomic mass is 10.2. The molecule has 0 aliphatic rings. The van der Waals surface area contributed by atoms with Gasteiger partial charge < -0.3 is 0 Å². The molecule has 0 N–H and O–H groups in total. The van der Waals surface area contributed by atoms with Gasteiger partial charge >= 0.3 is 0 Å². The largest absolute Gasteiger partial charge is 0.249 e. The maximum Gasteiger partial charge on any atom is 0.249 e. The first-order chi connectivity index (χ1) is 10.7. The summed E-state index contributed by atoms with van der Waals surface area (Å²) in [7, 11) is -8.37. The SMILES string of the molecule is CC(c1ccccc1)S(=O)(=O)[N]S(=O)(=O)C(C)c1ccccc1. The number of benzene rings is 2. The van der Waals surface area contributed by atoms with E-state index in [-0.39, 0.29) is 0 Å². The van der Waals surface area contributed by atoms with Crippen LogP contribution in [0.2, 0.25) is 0 Å². The molecule has 23 heavy (non-hydrogen) atoms. The van der Waals surface area contributed by atoms with E-state index in [0.29, 0.717) is 11.1 Å². The zero-order valence-corrected chi connectivity index (χ0v) is 14.5. The Balaban J connectivity index is 2.26. The molecule has 0 aliphatic carbocycles. The second-order valence-corrected chi connectivity index (χ2v) is 9.28. The van der Waals surface area contributed by atoms with Gasteiger partial charge in [0.05, 0.1) is 0 Å². The van der Waals surface area contributed by atoms with Crippen molar-refractivity contribution in [3.05, 3.63) is 71.8 Å². The molecular weight excluding hydrogens is 334 g/mol. The van der Waals surface area contributed by atoms with Crippen molar-refractivity contribution in [3.63, 3.8) is 0 Å². The van der Waals surface area contributed by atoms with E-state index in [1.807, 2.05) is 0 Å². The van der Waals surface area contributed by atoms with Gasteiger partial charge in [0.2, 0.25) is 20.0 Å². The van der Waals surface area contributed by atoms with E-state index in [1.54, 1.807) is 60.7 Å². The lowest BCUT2D eigenvalue weighted by molar-refractivity contribution is 0.564. The number of sulfonamides is 2. The summed E-state index contributed by atoms with van der Waals surface area (Å²) in [5.74, 6) is 0. The Kier molecular flexibility index (Phi) is 5.23. The van der Waals surface area contributed by atoms with Crippen LogP contribution in [0.15, 0.2) is 60.7 Å². The molecule has 2 rings (SSSR count). The topological polar surface area (TPSA) is 82.4 Å². The molecule has 0 saturated heterocycles. The Morgan fingerprint density at radius 3 is 1.26 bits per heavy atom. The standard InChI is InChI=1S/C16H18NO4S2/c1-13(15-9-5-3-6-10-15)22(18,19)17-23(20,21)14(2)16-11-7-4-8-12-16/h3-14H,1-2H3. The minimum absolute atomic E-state index is 0.499. The maximum atomic E-state index is 12.3. The van der Waals surface area contributed by atoms with Gasteiger partial charge in [0, 0.05) is 4.13 Å². The number of nitrogens with zero attached hydrogens (tertiary/aromatic N) is 1. The van der Waals surface area contributed by atoms with Gasteiger partial charge in [-0.15, -0.1) is 0 Å². The summed E-state index contributed by atoms with van der Waals surface area (Å²) >= 11 is 0. The van der Waals surface area contributed by atoms with Gasteiger partial charge in [0.25, 0.3) is 0 Å². The van der Waals surface area contributed by atoms with E-state index >= 15 is 0 Å². The van der Waals surface area contributed by atoms with Crippen molar-refractivity contribution in [1.82, 2.24) is 4.13 Å². The number of hydrogen-bond acceptors (Lipinski definition) is 4. The van der Waals surface area contributed by atoms with Crippen molar-refractivity contribution >= 4 is 20.0 Å². The third-order valence-corrected chi connectivity index (χ3v) is 7.63. The van der Waals surface area contributed by atoms with E-state index < -0.39 is 30.5 Å². The zero-order valence-electron chi connectivity index (χ0n) is 12.8. The molecule has 0 fully saturated rings. The van der Waals surface area contributed by atoms with Crippen molar-refractivity contribution in [2.45, 2.75) is 24.3 Å². The second kappa shape index (κ2) is 6.82. The molecular formula is C16H18NO4S2. The van der Waals surface area contributed by atoms with Crippen LogP contribution in [0.5, 0.6) is 0 Å². The van der Waals surface area contributed by atoms with Crippen molar-refractivity contribution in [2.75, 3.05) is 0 Å². The van der Waals surface area contributed by atoms with Gasteiger partial charge in [-0.2, -0.15) is 0 Å². The first kappa shape index (κ1) is 17.7. The highest BCUT2D eigenvalue weighted by Gasteiger charge is 2.34. The van der Waals surface area contributed by atoms with Crippen molar-refractivity contribution in [2.24, 2.45) is 0 Å². The molecule has 0 bridgehead atoms. The Labute approximate surface area is 137 Å². The minimum atomic E-state index is -4.19. The van der Waals surface area contributed by atoms with Crippen molar-refractivity contribution < 1.29 is 16.8 Å². The fraction of sp³-hybridized carbons (Fsp3) is 0.250. The maximum absolute atomic E-state index is 12.3. The highest BCUT2D eigenvalue weighted by Crippen LogP contribution is 2.26. The van der Waals surface area contributed by atoms with E-state index in [2.05, 4.69) is 4.13 Å². The van der Waals surface area contributed by atoms with Crippen LogP contribution in [-0.4, -0.2) is 16.8 Å². The Morgan fingerprint density at radius 2 is 0.957 bits per heavy atom. The molecule has 0 spiro atoms. The van der Waals surface area contributed by atoms with E-state index in [1.165, 1.54) is 13.8 Å². The van der Waals surface area contributed by atoms with Crippen molar-refractivity contribution in [1.29, 1.82) is 0 Å². The zero-order chi connectivity index (χ0) is 17.1.